The average molecular weight is 410 g/mol. The Morgan fingerprint density at radius 3 is 2.52 bits per heavy atom. The lowest BCUT2D eigenvalue weighted by atomic mass is 10.1. The van der Waals surface area contributed by atoms with Gasteiger partial charge in [-0.3, -0.25) is 14.3 Å². The number of carbonyl (C=O) groups excluding carboxylic acids is 2. The zero-order valence-electron chi connectivity index (χ0n) is 15.9. The number of thiophene rings is 1. The highest BCUT2D eigenvalue weighted by atomic mass is 32.2. The zero-order chi connectivity index (χ0) is 19.9. The van der Waals surface area contributed by atoms with Crippen LogP contribution in [0.15, 0.2) is 12.1 Å². The van der Waals surface area contributed by atoms with Crippen molar-refractivity contribution >= 4 is 32.9 Å². The van der Waals surface area contributed by atoms with Gasteiger partial charge >= 0.3 is 0 Å². The van der Waals surface area contributed by atoms with E-state index in [9.17, 15) is 18.0 Å². The van der Waals surface area contributed by atoms with E-state index in [1.807, 2.05) is 13.8 Å². The molecule has 2 aromatic rings. The molecular formula is C18H23N3O4S2. The molecule has 146 valence electrons. The third kappa shape index (κ3) is 3.98. The van der Waals surface area contributed by atoms with Crippen LogP contribution in [-0.2, 0) is 16.4 Å². The maximum atomic E-state index is 12.7. The van der Waals surface area contributed by atoms with Crippen LogP contribution in [0.25, 0.3) is 0 Å². The van der Waals surface area contributed by atoms with Gasteiger partial charge in [0, 0.05) is 24.8 Å². The van der Waals surface area contributed by atoms with Crippen LogP contribution in [-0.4, -0.2) is 53.3 Å². The predicted octanol–water partition coefficient (Wildman–Crippen LogP) is 2.40. The number of aromatic nitrogens is 2. The van der Waals surface area contributed by atoms with E-state index in [1.54, 1.807) is 28.8 Å². The van der Waals surface area contributed by atoms with Gasteiger partial charge in [0.25, 0.3) is 5.91 Å². The van der Waals surface area contributed by atoms with E-state index < -0.39 is 9.84 Å². The lowest BCUT2D eigenvalue weighted by Crippen LogP contribution is -2.26. The lowest BCUT2D eigenvalue weighted by Gasteiger charge is -2.17. The second kappa shape index (κ2) is 7.20. The molecule has 1 aliphatic heterocycles. The zero-order valence-corrected chi connectivity index (χ0v) is 17.5. The van der Waals surface area contributed by atoms with E-state index in [-0.39, 0.29) is 29.2 Å². The maximum absolute atomic E-state index is 12.7. The molecule has 0 unspecified atom stereocenters. The Bertz CT molecular complexity index is 1000. The normalized spacial score (nSPS) is 18.6. The van der Waals surface area contributed by atoms with Crippen molar-refractivity contribution in [2.24, 2.45) is 0 Å². The molecule has 0 radical (unpaired) electrons. The quantitative estimate of drug-likeness (QED) is 0.708. The standard InChI is InChI=1S/C18H23N3O4S2/c1-11-15(12(2)21(19-11)14-7-8-27(24,25)10-14)9-20(4)18(23)17-6-5-16(26-17)13(3)22/h5-6,14H,7-10H2,1-4H3/t14-/m1/s1. The summed E-state index contributed by atoms with van der Waals surface area (Å²) in [6.07, 6.45) is 0.571. The van der Waals surface area contributed by atoms with Crippen LogP contribution in [0.5, 0.6) is 0 Å². The summed E-state index contributed by atoms with van der Waals surface area (Å²) in [4.78, 5) is 26.8. The van der Waals surface area contributed by atoms with Gasteiger partial charge in [-0.2, -0.15) is 5.10 Å². The first-order valence-electron chi connectivity index (χ1n) is 8.70. The van der Waals surface area contributed by atoms with Crippen LogP contribution in [0.3, 0.4) is 0 Å². The molecule has 1 aliphatic rings. The Morgan fingerprint density at radius 2 is 1.96 bits per heavy atom. The molecular weight excluding hydrogens is 386 g/mol. The number of aryl methyl sites for hydroxylation is 1. The monoisotopic (exact) mass is 409 g/mol. The van der Waals surface area contributed by atoms with Gasteiger partial charge in [-0.15, -0.1) is 11.3 Å². The molecule has 1 atom stereocenters. The Labute approximate surface area is 162 Å². The molecule has 7 nitrogen and oxygen atoms in total. The SMILES string of the molecule is CC(=O)c1ccc(C(=O)N(C)Cc2c(C)nn([C@@H]3CCS(=O)(=O)C3)c2C)s1. The molecule has 0 bridgehead atoms. The largest absolute Gasteiger partial charge is 0.337 e. The molecule has 1 saturated heterocycles. The summed E-state index contributed by atoms with van der Waals surface area (Å²) >= 11 is 1.19. The van der Waals surface area contributed by atoms with Crippen molar-refractivity contribution in [3.05, 3.63) is 38.8 Å². The summed E-state index contributed by atoms with van der Waals surface area (Å²) in [6.45, 7) is 5.65. The second-order valence-electron chi connectivity index (χ2n) is 7.03. The van der Waals surface area contributed by atoms with Crippen molar-refractivity contribution < 1.29 is 18.0 Å². The van der Waals surface area contributed by atoms with Crippen molar-refractivity contribution in [3.8, 4) is 0 Å². The number of carbonyl (C=O) groups is 2. The van der Waals surface area contributed by atoms with Gasteiger partial charge in [-0.05, 0) is 39.3 Å². The van der Waals surface area contributed by atoms with Crippen molar-refractivity contribution in [3.63, 3.8) is 0 Å². The first-order chi connectivity index (χ1) is 12.6. The van der Waals surface area contributed by atoms with E-state index >= 15 is 0 Å². The average Bonchev–Trinajstić information content (AvgIpc) is 3.28. The van der Waals surface area contributed by atoms with Gasteiger partial charge < -0.3 is 4.90 Å². The number of ketones is 1. The highest BCUT2D eigenvalue weighted by molar-refractivity contribution is 7.91. The Kier molecular flexibility index (Phi) is 5.27. The molecule has 0 aromatic carbocycles. The minimum Gasteiger partial charge on any atom is -0.337 e. The van der Waals surface area contributed by atoms with Gasteiger partial charge in [0.1, 0.15) is 0 Å². The number of hydrogen-bond donors (Lipinski definition) is 0. The van der Waals surface area contributed by atoms with E-state index in [2.05, 4.69) is 5.10 Å². The summed E-state index contributed by atoms with van der Waals surface area (Å²) in [5.41, 5.74) is 2.62. The Balaban J connectivity index is 1.78. The van der Waals surface area contributed by atoms with Gasteiger partial charge in [0.2, 0.25) is 0 Å². The fourth-order valence-electron chi connectivity index (χ4n) is 3.39. The highest BCUT2D eigenvalue weighted by Crippen LogP contribution is 2.27. The van der Waals surface area contributed by atoms with Crippen LogP contribution in [0.4, 0.5) is 0 Å². The van der Waals surface area contributed by atoms with Crippen molar-refractivity contribution in [2.45, 2.75) is 39.8 Å². The van der Waals surface area contributed by atoms with Gasteiger partial charge in [0.05, 0.1) is 33.0 Å². The van der Waals surface area contributed by atoms with E-state index in [1.165, 1.54) is 18.3 Å². The van der Waals surface area contributed by atoms with E-state index in [4.69, 9.17) is 0 Å². The van der Waals surface area contributed by atoms with Crippen molar-refractivity contribution in [2.75, 3.05) is 18.6 Å². The van der Waals surface area contributed by atoms with E-state index in [0.717, 1.165) is 17.0 Å². The number of hydrogen-bond acceptors (Lipinski definition) is 6. The van der Waals surface area contributed by atoms with E-state index in [0.29, 0.717) is 22.7 Å². The third-order valence-corrected chi connectivity index (χ3v) is 7.86. The predicted molar refractivity (Wildman–Crippen MR) is 104 cm³/mol. The molecule has 0 N–H and O–H groups in total. The van der Waals surface area contributed by atoms with Crippen LogP contribution in [0.1, 0.15) is 55.7 Å². The Morgan fingerprint density at radius 1 is 1.30 bits per heavy atom. The number of nitrogens with zero attached hydrogens (tertiary/aromatic N) is 3. The van der Waals surface area contributed by atoms with Gasteiger partial charge in [0.15, 0.2) is 15.6 Å². The molecule has 3 heterocycles. The topological polar surface area (TPSA) is 89.3 Å². The molecule has 27 heavy (non-hydrogen) atoms. The molecule has 1 amide bonds. The second-order valence-corrected chi connectivity index (χ2v) is 10.3. The summed E-state index contributed by atoms with van der Waals surface area (Å²) in [5.74, 6) is 0.107. The molecule has 2 aromatic heterocycles. The first-order valence-corrected chi connectivity index (χ1v) is 11.3. The van der Waals surface area contributed by atoms with Crippen molar-refractivity contribution in [1.29, 1.82) is 0 Å². The van der Waals surface area contributed by atoms with Gasteiger partial charge in [-0.1, -0.05) is 0 Å². The van der Waals surface area contributed by atoms with Crippen LogP contribution < -0.4 is 0 Å². The van der Waals surface area contributed by atoms with Crippen LogP contribution >= 0.6 is 11.3 Å². The highest BCUT2D eigenvalue weighted by Gasteiger charge is 2.31. The van der Waals surface area contributed by atoms with Crippen molar-refractivity contribution in [1.82, 2.24) is 14.7 Å². The smallest absolute Gasteiger partial charge is 0.263 e. The molecule has 1 fully saturated rings. The minimum absolute atomic E-state index is 0.0545. The molecule has 0 saturated carbocycles. The summed E-state index contributed by atoms with van der Waals surface area (Å²) in [5, 5.41) is 4.54. The number of rotatable bonds is 5. The molecule has 3 rings (SSSR count). The lowest BCUT2D eigenvalue weighted by molar-refractivity contribution is 0.0789. The summed E-state index contributed by atoms with van der Waals surface area (Å²) in [6, 6.07) is 3.20. The van der Waals surface area contributed by atoms with Gasteiger partial charge in [-0.25, -0.2) is 8.42 Å². The molecule has 0 spiro atoms. The fraction of sp³-hybridized carbons (Fsp3) is 0.500. The molecule has 9 heteroatoms. The number of Topliss-reactive ketones (excluding diaryl/α,β-unsaturated/α-hetero) is 1. The number of sulfone groups is 1. The van der Waals surface area contributed by atoms with Crippen LogP contribution in [0.2, 0.25) is 0 Å². The third-order valence-electron chi connectivity index (χ3n) is 4.93. The minimum atomic E-state index is -2.99. The first kappa shape index (κ1) is 19.8. The molecule has 0 aliphatic carbocycles. The number of amides is 1. The summed E-state index contributed by atoms with van der Waals surface area (Å²) < 4.78 is 25.3. The Hall–Kier alpha value is -2.00. The summed E-state index contributed by atoms with van der Waals surface area (Å²) in [7, 11) is -1.28. The fourth-order valence-corrected chi connectivity index (χ4v) is 5.98. The van der Waals surface area contributed by atoms with Crippen LogP contribution in [0, 0.1) is 13.8 Å². The maximum Gasteiger partial charge on any atom is 0.263 e.